The van der Waals surface area contributed by atoms with Gasteiger partial charge in [-0.05, 0) is 6.42 Å². The second kappa shape index (κ2) is 1.96. The second-order valence-corrected chi connectivity index (χ2v) is 5.11. The molecule has 2 spiro atoms. The van der Waals surface area contributed by atoms with Gasteiger partial charge in [-0.2, -0.15) is 0 Å². The Morgan fingerprint density at radius 3 is 2.87 bits per heavy atom. The molecule has 0 radical (unpaired) electrons. The summed E-state index contributed by atoms with van der Waals surface area (Å²) in [6.45, 7) is 7.94. The van der Waals surface area contributed by atoms with E-state index in [9.17, 15) is 0 Å². The van der Waals surface area contributed by atoms with Gasteiger partial charge in [0.25, 0.3) is 0 Å². The maximum absolute atomic E-state index is 5.85. The molecule has 1 aliphatic heterocycles. The molecule has 1 saturated heterocycles. The minimum atomic E-state index is 0.0249. The summed E-state index contributed by atoms with van der Waals surface area (Å²) in [5.41, 5.74) is 0.425. The van der Waals surface area contributed by atoms with Crippen LogP contribution in [0.2, 0.25) is 0 Å². The van der Waals surface area contributed by atoms with Gasteiger partial charge < -0.3 is 14.2 Å². The van der Waals surface area contributed by atoms with Gasteiger partial charge in [0.05, 0.1) is 30.6 Å². The van der Waals surface area contributed by atoms with Crippen LogP contribution in [-0.4, -0.2) is 23.9 Å². The Bertz CT molecular complexity index is 373. The lowest BCUT2D eigenvalue weighted by molar-refractivity contribution is 0.123. The molecule has 0 bridgehead atoms. The molecule has 4 fully saturated rings. The van der Waals surface area contributed by atoms with E-state index in [1.54, 1.807) is 6.26 Å². The molecule has 5 atom stereocenters. The van der Waals surface area contributed by atoms with E-state index in [4.69, 9.17) is 14.2 Å². The van der Waals surface area contributed by atoms with E-state index in [0.29, 0.717) is 17.4 Å². The van der Waals surface area contributed by atoms with Crippen LogP contribution in [0.15, 0.2) is 25.7 Å². The number of ether oxygens (including phenoxy) is 3. The highest BCUT2D eigenvalue weighted by molar-refractivity contribution is 5.61. The Hall–Kier alpha value is -0.960. The van der Waals surface area contributed by atoms with Gasteiger partial charge in [0.2, 0.25) is 0 Å². The molecule has 1 heterocycles. The predicted octanol–water partition coefficient (Wildman–Crippen LogP) is 1.61. The van der Waals surface area contributed by atoms with Crippen molar-refractivity contribution in [2.75, 3.05) is 6.61 Å². The zero-order chi connectivity index (χ0) is 10.3. The fourth-order valence-corrected chi connectivity index (χ4v) is 4.24. The Labute approximate surface area is 88.7 Å². The van der Waals surface area contributed by atoms with Crippen LogP contribution in [0.5, 0.6) is 0 Å². The van der Waals surface area contributed by atoms with Crippen molar-refractivity contribution < 1.29 is 14.2 Å². The lowest BCUT2D eigenvalue weighted by Gasteiger charge is -2.11. The van der Waals surface area contributed by atoms with Crippen molar-refractivity contribution in [3.05, 3.63) is 25.7 Å². The molecule has 3 nitrogen and oxygen atoms in total. The van der Waals surface area contributed by atoms with Crippen molar-refractivity contribution in [3.63, 3.8) is 0 Å². The van der Waals surface area contributed by atoms with Crippen LogP contribution in [0.1, 0.15) is 12.8 Å². The lowest BCUT2D eigenvalue weighted by atomic mass is 10.0. The van der Waals surface area contributed by atoms with E-state index in [2.05, 4.69) is 13.2 Å². The molecule has 0 N–H and O–H groups in total. The van der Waals surface area contributed by atoms with Crippen molar-refractivity contribution in [3.8, 4) is 0 Å². The monoisotopic (exact) mass is 206 g/mol. The molecular weight excluding hydrogens is 192 g/mol. The van der Waals surface area contributed by atoms with Crippen LogP contribution >= 0.6 is 0 Å². The third kappa shape index (κ3) is 0.544. The molecule has 5 unspecified atom stereocenters. The third-order valence-corrected chi connectivity index (χ3v) is 4.85. The molecule has 0 aromatic rings. The maximum Gasteiger partial charge on any atom is 0.150 e. The Morgan fingerprint density at radius 2 is 2.27 bits per heavy atom. The van der Waals surface area contributed by atoms with Crippen molar-refractivity contribution in [1.29, 1.82) is 0 Å². The summed E-state index contributed by atoms with van der Waals surface area (Å²) in [6, 6.07) is 0. The van der Waals surface area contributed by atoms with Gasteiger partial charge in [0.15, 0.2) is 0 Å². The fraction of sp³-hybridized carbons (Fsp3) is 0.667. The zero-order valence-electron chi connectivity index (χ0n) is 8.57. The summed E-state index contributed by atoms with van der Waals surface area (Å²) >= 11 is 0. The largest absolute Gasteiger partial charge is 0.501 e. The van der Waals surface area contributed by atoms with Crippen molar-refractivity contribution >= 4 is 0 Å². The van der Waals surface area contributed by atoms with Gasteiger partial charge >= 0.3 is 0 Å². The topological polar surface area (TPSA) is 31.0 Å². The van der Waals surface area contributed by atoms with Crippen molar-refractivity contribution in [2.24, 2.45) is 11.3 Å². The highest BCUT2D eigenvalue weighted by Gasteiger charge is 3.15. The summed E-state index contributed by atoms with van der Waals surface area (Å²) in [4.78, 5) is 0. The van der Waals surface area contributed by atoms with Gasteiger partial charge in [-0.15, -0.1) is 0 Å². The minimum Gasteiger partial charge on any atom is -0.501 e. The summed E-state index contributed by atoms with van der Waals surface area (Å²) in [6.07, 6.45) is 5.77. The first kappa shape index (κ1) is 8.22. The van der Waals surface area contributed by atoms with Crippen molar-refractivity contribution in [2.45, 2.75) is 30.1 Å². The molecule has 0 amide bonds. The Morgan fingerprint density at radius 1 is 1.40 bits per heavy atom. The molecule has 0 aromatic heterocycles. The van der Waals surface area contributed by atoms with E-state index in [1.807, 2.05) is 0 Å². The van der Waals surface area contributed by atoms with Crippen molar-refractivity contribution in [1.82, 2.24) is 0 Å². The fourth-order valence-electron chi connectivity index (χ4n) is 4.24. The summed E-state index contributed by atoms with van der Waals surface area (Å²) < 4.78 is 16.8. The van der Waals surface area contributed by atoms with Crippen LogP contribution < -0.4 is 0 Å². The normalized spacial score (nSPS) is 60.8. The van der Waals surface area contributed by atoms with Gasteiger partial charge in [-0.25, -0.2) is 0 Å². The molecule has 3 aliphatic carbocycles. The summed E-state index contributed by atoms with van der Waals surface area (Å²) in [5.74, 6) is 0.534. The quantitative estimate of drug-likeness (QED) is 0.505. The standard InChI is InChI=1S/C12H14O3/c1-3-13-6-8-5-10-7-11(10,14-4-2)12(10)9(8)15-12/h3-4,8-9H,1-2,5-7H2. The average Bonchev–Trinajstić information content (AvgIpc) is 3.08. The average molecular weight is 206 g/mol. The SMILES string of the molecule is C=COCC1CC23CC2(OC=C)C32OC12. The number of hydrogen-bond acceptors (Lipinski definition) is 3. The highest BCUT2D eigenvalue weighted by Crippen LogP contribution is 3.01. The first-order valence-electron chi connectivity index (χ1n) is 5.47. The molecule has 0 aromatic carbocycles. The molecule has 4 aliphatic rings. The summed E-state index contributed by atoms with van der Waals surface area (Å²) in [7, 11) is 0. The first-order chi connectivity index (χ1) is 7.28. The van der Waals surface area contributed by atoms with E-state index in [0.717, 1.165) is 13.0 Å². The molecule has 15 heavy (non-hydrogen) atoms. The van der Waals surface area contributed by atoms with Gasteiger partial charge in [0.1, 0.15) is 11.2 Å². The zero-order valence-corrected chi connectivity index (χ0v) is 8.57. The van der Waals surface area contributed by atoms with E-state index >= 15 is 0 Å². The minimum absolute atomic E-state index is 0.0249. The van der Waals surface area contributed by atoms with Crippen LogP contribution in [-0.2, 0) is 14.2 Å². The van der Waals surface area contributed by atoms with E-state index < -0.39 is 0 Å². The molecular formula is C12H14O3. The van der Waals surface area contributed by atoms with Gasteiger partial charge in [0, 0.05) is 12.3 Å². The molecule has 3 heteroatoms. The van der Waals surface area contributed by atoms with Crippen LogP contribution in [0.3, 0.4) is 0 Å². The molecule has 4 rings (SSSR count). The maximum atomic E-state index is 5.85. The lowest BCUT2D eigenvalue weighted by Crippen LogP contribution is -2.20. The third-order valence-electron chi connectivity index (χ3n) is 4.85. The smallest absolute Gasteiger partial charge is 0.150 e. The Kier molecular flexibility index (Phi) is 1.08. The molecule has 80 valence electrons. The van der Waals surface area contributed by atoms with Gasteiger partial charge in [-0.1, -0.05) is 13.2 Å². The number of hydrogen-bond donors (Lipinski definition) is 0. The van der Waals surface area contributed by atoms with Crippen LogP contribution in [0.4, 0.5) is 0 Å². The second-order valence-electron chi connectivity index (χ2n) is 5.11. The van der Waals surface area contributed by atoms with E-state index in [1.165, 1.54) is 12.7 Å². The van der Waals surface area contributed by atoms with Crippen LogP contribution in [0, 0.1) is 11.3 Å². The van der Waals surface area contributed by atoms with Gasteiger partial charge in [-0.3, -0.25) is 0 Å². The predicted molar refractivity (Wildman–Crippen MR) is 52.9 cm³/mol. The number of epoxide rings is 1. The van der Waals surface area contributed by atoms with Crippen LogP contribution in [0.25, 0.3) is 0 Å². The number of rotatable bonds is 5. The molecule has 3 saturated carbocycles. The Balaban J connectivity index is 1.52. The highest BCUT2D eigenvalue weighted by atomic mass is 16.7. The first-order valence-corrected chi connectivity index (χ1v) is 5.47. The van der Waals surface area contributed by atoms with E-state index in [-0.39, 0.29) is 11.2 Å². The summed E-state index contributed by atoms with van der Waals surface area (Å²) in [5, 5.41) is 0.